The highest BCUT2D eigenvalue weighted by atomic mass is 16.5. The van der Waals surface area contributed by atoms with Gasteiger partial charge < -0.3 is 4.74 Å². The first-order valence-electron chi connectivity index (χ1n) is 5.33. The largest absolute Gasteiger partial charge is 0.459 e. The van der Waals surface area contributed by atoms with Gasteiger partial charge >= 0.3 is 5.97 Å². The summed E-state index contributed by atoms with van der Waals surface area (Å²) in [5, 5.41) is 0. The lowest BCUT2D eigenvalue weighted by Crippen LogP contribution is -2.16. The molecule has 2 nitrogen and oxygen atoms in total. The van der Waals surface area contributed by atoms with Gasteiger partial charge in [0.2, 0.25) is 0 Å². The van der Waals surface area contributed by atoms with Crippen LogP contribution in [0.4, 0.5) is 0 Å². The molecule has 0 N–H and O–H groups in total. The maximum atomic E-state index is 11.1. The Morgan fingerprint density at radius 1 is 1.36 bits per heavy atom. The molecule has 82 valence electrons. The summed E-state index contributed by atoms with van der Waals surface area (Å²) in [5.74, 6) is 0.433. The fourth-order valence-electron chi connectivity index (χ4n) is 1.07. The minimum atomic E-state index is -0.276. The Morgan fingerprint density at radius 3 is 2.36 bits per heavy atom. The fraction of sp³-hybridized carbons (Fsp3) is 0.750. The second-order valence-electron chi connectivity index (χ2n) is 4.09. The summed E-state index contributed by atoms with van der Waals surface area (Å²) in [7, 11) is 0. The molecule has 0 saturated carbocycles. The SMILES string of the molecule is C=C(C)C(=O)OC(C)CCC(C)CC. The molecular formula is C12H22O2. The number of hydrogen-bond donors (Lipinski definition) is 0. The van der Waals surface area contributed by atoms with Crippen LogP contribution >= 0.6 is 0 Å². The molecule has 0 aromatic rings. The molecule has 0 heterocycles. The van der Waals surface area contributed by atoms with E-state index in [1.54, 1.807) is 6.92 Å². The summed E-state index contributed by atoms with van der Waals surface area (Å²) in [6.07, 6.45) is 3.24. The van der Waals surface area contributed by atoms with Crippen LogP contribution in [0, 0.1) is 5.92 Å². The molecule has 0 aliphatic carbocycles. The average Bonchev–Trinajstić information content (AvgIpc) is 2.13. The summed E-state index contributed by atoms with van der Waals surface area (Å²) in [6.45, 7) is 11.5. The molecular weight excluding hydrogens is 176 g/mol. The molecule has 2 unspecified atom stereocenters. The van der Waals surface area contributed by atoms with Crippen LogP contribution in [0.3, 0.4) is 0 Å². The molecule has 2 heteroatoms. The van der Waals surface area contributed by atoms with Crippen LogP contribution in [0.1, 0.15) is 47.0 Å². The van der Waals surface area contributed by atoms with E-state index in [-0.39, 0.29) is 12.1 Å². The van der Waals surface area contributed by atoms with Gasteiger partial charge in [-0.1, -0.05) is 26.8 Å². The molecule has 0 rings (SSSR count). The van der Waals surface area contributed by atoms with Crippen molar-refractivity contribution in [2.24, 2.45) is 5.92 Å². The van der Waals surface area contributed by atoms with Gasteiger partial charge in [-0.25, -0.2) is 4.79 Å². The molecule has 0 bridgehead atoms. The quantitative estimate of drug-likeness (QED) is 0.483. The Balaban J connectivity index is 3.70. The zero-order valence-corrected chi connectivity index (χ0v) is 9.80. The van der Waals surface area contributed by atoms with E-state index in [0.717, 1.165) is 12.8 Å². The highest BCUT2D eigenvalue weighted by molar-refractivity contribution is 5.87. The van der Waals surface area contributed by atoms with Crippen molar-refractivity contribution in [3.8, 4) is 0 Å². The maximum Gasteiger partial charge on any atom is 0.333 e. The van der Waals surface area contributed by atoms with Gasteiger partial charge in [0.15, 0.2) is 0 Å². The number of rotatable bonds is 6. The normalized spacial score (nSPS) is 14.6. The van der Waals surface area contributed by atoms with Crippen molar-refractivity contribution in [1.82, 2.24) is 0 Å². The third-order valence-electron chi connectivity index (χ3n) is 2.42. The summed E-state index contributed by atoms with van der Waals surface area (Å²) < 4.78 is 5.17. The molecule has 0 spiro atoms. The van der Waals surface area contributed by atoms with E-state index in [1.165, 1.54) is 6.42 Å². The van der Waals surface area contributed by atoms with Crippen LogP contribution in [0.15, 0.2) is 12.2 Å². The highest BCUT2D eigenvalue weighted by Crippen LogP contribution is 2.13. The summed E-state index contributed by atoms with van der Waals surface area (Å²) >= 11 is 0. The van der Waals surface area contributed by atoms with Crippen LogP contribution < -0.4 is 0 Å². The van der Waals surface area contributed by atoms with Gasteiger partial charge in [-0.05, 0) is 32.6 Å². The fourth-order valence-corrected chi connectivity index (χ4v) is 1.07. The van der Waals surface area contributed by atoms with E-state index in [4.69, 9.17) is 4.74 Å². The minimum Gasteiger partial charge on any atom is -0.459 e. The topological polar surface area (TPSA) is 26.3 Å². The van der Waals surface area contributed by atoms with Crippen molar-refractivity contribution in [2.45, 2.75) is 53.1 Å². The Morgan fingerprint density at radius 2 is 1.93 bits per heavy atom. The lowest BCUT2D eigenvalue weighted by Gasteiger charge is -2.15. The predicted octanol–water partition coefficient (Wildman–Crippen LogP) is 3.32. The van der Waals surface area contributed by atoms with Crippen molar-refractivity contribution < 1.29 is 9.53 Å². The average molecular weight is 198 g/mol. The van der Waals surface area contributed by atoms with Gasteiger partial charge in [0.05, 0.1) is 6.10 Å². The van der Waals surface area contributed by atoms with E-state index in [0.29, 0.717) is 11.5 Å². The number of ether oxygens (including phenoxy) is 1. The molecule has 0 amide bonds. The smallest absolute Gasteiger partial charge is 0.333 e. The molecule has 14 heavy (non-hydrogen) atoms. The van der Waals surface area contributed by atoms with Crippen molar-refractivity contribution in [1.29, 1.82) is 0 Å². The maximum absolute atomic E-state index is 11.1. The number of hydrogen-bond acceptors (Lipinski definition) is 2. The molecule has 0 aromatic carbocycles. The van der Waals surface area contributed by atoms with Crippen molar-refractivity contribution in [3.63, 3.8) is 0 Å². The van der Waals surface area contributed by atoms with E-state index >= 15 is 0 Å². The third kappa shape index (κ3) is 5.79. The lowest BCUT2D eigenvalue weighted by molar-refractivity contribution is -0.143. The van der Waals surface area contributed by atoms with Gasteiger partial charge in [-0.3, -0.25) is 0 Å². The highest BCUT2D eigenvalue weighted by Gasteiger charge is 2.10. The van der Waals surface area contributed by atoms with E-state index in [2.05, 4.69) is 20.4 Å². The molecule has 0 aromatic heterocycles. The van der Waals surface area contributed by atoms with Gasteiger partial charge in [0.1, 0.15) is 0 Å². The van der Waals surface area contributed by atoms with Crippen molar-refractivity contribution in [2.75, 3.05) is 0 Å². The minimum absolute atomic E-state index is 0.00759. The second kappa shape index (κ2) is 6.63. The van der Waals surface area contributed by atoms with Gasteiger partial charge in [-0.2, -0.15) is 0 Å². The third-order valence-corrected chi connectivity index (χ3v) is 2.42. The second-order valence-corrected chi connectivity index (χ2v) is 4.09. The molecule has 2 atom stereocenters. The first kappa shape index (κ1) is 13.2. The summed E-state index contributed by atoms with van der Waals surface area (Å²) in [5.41, 5.74) is 0.473. The first-order valence-corrected chi connectivity index (χ1v) is 5.33. The standard InChI is InChI=1S/C12H22O2/c1-6-10(4)7-8-11(5)14-12(13)9(2)3/h10-11H,2,6-8H2,1,3-5H3. The Hall–Kier alpha value is -0.790. The summed E-state index contributed by atoms with van der Waals surface area (Å²) in [6, 6.07) is 0. The van der Waals surface area contributed by atoms with E-state index in [1.807, 2.05) is 6.92 Å². The molecule has 0 aliphatic rings. The zero-order valence-electron chi connectivity index (χ0n) is 9.80. The van der Waals surface area contributed by atoms with Gasteiger partial charge in [-0.15, -0.1) is 0 Å². The molecule has 0 saturated heterocycles. The number of carbonyl (C=O) groups excluding carboxylic acids is 1. The van der Waals surface area contributed by atoms with Crippen LogP contribution in [-0.4, -0.2) is 12.1 Å². The summed E-state index contributed by atoms with van der Waals surface area (Å²) in [4.78, 5) is 11.1. The van der Waals surface area contributed by atoms with Crippen molar-refractivity contribution >= 4 is 5.97 Å². The monoisotopic (exact) mass is 198 g/mol. The van der Waals surface area contributed by atoms with Gasteiger partial charge in [0.25, 0.3) is 0 Å². The van der Waals surface area contributed by atoms with Crippen LogP contribution in [0.2, 0.25) is 0 Å². The number of esters is 1. The van der Waals surface area contributed by atoms with E-state index < -0.39 is 0 Å². The predicted molar refractivity (Wildman–Crippen MR) is 59.1 cm³/mol. The Kier molecular flexibility index (Phi) is 6.26. The zero-order chi connectivity index (χ0) is 11.1. The van der Waals surface area contributed by atoms with Crippen LogP contribution in [-0.2, 0) is 9.53 Å². The lowest BCUT2D eigenvalue weighted by atomic mass is 10.0. The first-order chi connectivity index (χ1) is 6.47. The molecule has 0 fully saturated rings. The van der Waals surface area contributed by atoms with Crippen LogP contribution in [0.5, 0.6) is 0 Å². The molecule has 0 aliphatic heterocycles. The van der Waals surface area contributed by atoms with E-state index in [9.17, 15) is 4.79 Å². The van der Waals surface area contributed by atoms with Crippen LogP contribution in [0.25, 0.3) is 0 Å². The molecule has 0 radical (unpaired) electrons. The number of carbonyl (C=O) groups is 1. The Bertz CT molecular complexity index is 196. The van der Waals surface area contributed by atoms with Crippen molar-refractivity contribution in [3.05, 3.63) is 12.2 Å². The Labute approximate surface area is 87.3 Å². The van der Waals surface area contributed by atoms with Gasteiger partial charge in [0, 0.05) is 5.57 Å².